The zero-order valence-corrected chi connectivity index (χ0v) is 15.6. The maximum Gasteiger partial charge on any atom is 0.277 e. The highest BCUT2D eigenvalue weighted by molar-refractivity contribution is 7.80. The van der Waals surface area contributed by atoms with Crippen molar-refractivity contribution in [3.63, 3.8) is 0 Å². The Hall–Kier alpha value is -3.25. The van der Waals surface area contributed by atoms with Gasteiger partial charge in [-0.1, -0.05) is 49.4 Å². The van der Waals surface area contributed by atoms with Crippen LogP contribution in [-0.2, 0) is 6.42 Å². The lowest BCUT2D eigenvalue weighted by atomic mass is 10.0. The van der Waals surface area contributed by atoms with E-state index in [-0.39, 0.29) is 10.6 Å². The van der Waals surface area contributed by atoms with E-state index in [1.165, 1.54) is 11.6 Å². The van der Waals surface area contributed by atoms with Crippen molar-refractivity contribution in [1.82, 2.24) is 0 Å². The monoisotopic (exact) mass is 377 g/mol. The van der Waals surface area contributed by atoms with Crippen molar-refractivity contribution in [2.75, 3.05) is 10.6 Å². The van der Waals surface area contributed by atoms with Gasteiger partial charge >= 0.3 is 0 Å². The number of para-hydroxylation sites is 2. The molecule has 0 saturated heterocycles. The highest BCUT2D eigenvalue weighted by atomic mass is 32.1. The Bertz CT molecular complexity index is 971. The predicted molar refractivity (Wildman–Crippen MR) is 114 cm³/mol. The van der Waals surface area contributed by atoms with Crippen molar-refractivity contribution in [3.8, 4) is 11.1 Å². The van der Waals surface area contributed by atoms with E-state index in [4.69, 9.17) is 12.2 Å². The van der Waals surface area contributed by atoms with Gasteiger partial charge in [0.25, 0.3) is 5.69 Å². The van der Waals surface area contributed by atoms with E-state index in [0.29, 0.717) is 10.7 Å². The molecule has 0 heterocycles. The minimum atomic E-state index is -0.369. The van der Waals surface area contributed by atoms with E-state index in [9.17, 15) is 10.1 Å². The van der Waals surface area contributed by atoms with Crippen LogP contribution in [0.1, 0.15) is 12.5 Å². The number of rotatable bonds is 5. The summed E-state index contributed by atoms with van der Waals surface area (Å²) in [6, 6.07) is 22.1. The number of nitrogens with one attached hydrogen (secondary N) is 2. The number of benzene rings is 3. The van der Waals surface area contributed by atoms with Crippen molar-refractivity contribution in [1.29, 1.82) is 0 Å². The molecule has 3 rings (SSSR count). The van der Waals surface area contributed by atoms with Crippen LogP contribution in [-0.4, -0.2) is 10.0 Å². The molecule has 6 heteroatoms. The van der Waals surface area contributed by atoms with Crippen molar-refractivity contribution < 1.29 is 4.92 Å². The average Bonchev–Trinajstić information content (AvgIpc) is 2.69. The zero-order valence-electron chi connectivity index (χ0n) is 14.8. The Labute approximate surface area is 163 Å². The normalized spacial score (nSPS) is 10.3. The molecular weight excluding hydrogens is 358 g/mol. The molecule has 0 saturated carbocycles. The van der Waals surface area contributed by atoms with Crippen LogP contribution >= 0.6 is 12.2 Å². The van der Waals surface area contributed by atoms with Gasteiger partial charge in [0, 0.05) is 17.4 Å². The number of hydrogen-bond acceptors (Lipinski definition) is 3. The second-order valence-corrected chi connectivity index (χ2v) is 6.35. The lowest BCUT2D eigenvalue weighted by Crippen LogP contribution is -2.19. The largest absolute Gasteiger partial charge is 0.332 e. The number of thiocarbonyl (C=S) groups is 1. The van der Waals surface area contributed by atoms with E-state index in [1.807, 2.05) is 42.5 Å². The summed E-state index contributed by atoms with van der Waals surface area (Å²) in [6.45, 7) is 2.10. The maximum atomic E-state index is 11.2. The van der Waals surface area contributed by atoms with Crippen LogP contribution in [0.4, 0.5) is 17.1 Å². The first-order chi connectivity index (χ1) is 13.1. The highest BCUT2D eigenvalue weighted by Crippen LogP contribution is 2.30. The molecule has 136 valence electrons. The molecule has 0 aliphatic carbocycles. The van der Waals surface area contributed by atoms with E-state index < -0.39 is 0 Å². The average molecular weight is 377 g/mol. The maximum absolute atomic E-state index is 11.2. The van der Waals surface area contributed by atoms with Crippen LogP contribution in [0.3, 0.4) is 0 Å². The lowest BCUT2D eigenvalue weighted by Gasteiger charge is -2.13. The molecule has 0 atom stereocenters. The molecule has 27 heavy (non-hydrogen) atoms. The molecule has 2 N–H and O–H groups in total. The number of hydrogen-bond donors (Lipinski definition) is 2. The quantitative estimate of drug-likeness (QED) is 0.342. The summed E-state index contributed by atoms with van der Waals surface area (Å²) in [5.74, 6) is 0. The SMILES string of the molecule is CCc1ccccc1NC(=S)Nc1ccc(-c2ccccc2[N+](=O)[O-])cc1. The smallest absolute Gasteiger partial charge is 0.277 e. The molecule has 0 aromatic heterocycles. The second-order valence-electron chi connectivity index (χ2n) is 5.94. The molecule has 0 fully saturated rings. The Morgan fingerprint density at radius 2 is 1.63 bits per heavy atom. The molecule has 0 bridgehead atoms. The summed E-state index contributed by atoms with van der Waals surface area (Å²) in [5, 5.41) is 18.1. The number of nitrogens with zero attached hydrogens (tertiary/aromatic N) is 1. The molecular formula is C21H19N3O2S. The molecule has 0 spiro atoms. The minimum Gasteiger partial charge on any atom is -0.332 e. The van der Waals surface area contributed by atoms with Gasteiger partial charge in [0.15, 0.2) is 5.11 Å². The Morgan fingerprint density at radius 3 is 2.33 bits per heavy atom. The Balaban J connectivity index is 1.73. The van der Waals surface area contributed by atoms with Gasteiger partial charge < -0.3 is 10.6 Å². The fourth-order valence-electron chi connectivity index (χ4n) is 2.85. The molecule has 0 amide bonds. The second kappa shape index (κ2) is 8.42. The van der Waals surface area contributed by atoms with Crippen LogP contribution in [0.2, 0.25) is 0 Å². The molecule has 0 radical (unpaired) electrons. The fourth-order valence-corrected chi connectivity index (χ4v) is 3.07. The van der Waals surface area contributed by atoms with Crippen molar-refractivity contribution in [2.24, 2.45) is 0 Å². The standard InChI is InChI=1S/C21H19N3O2S/c1-2-15-7-3-5-9-19(15)23-21(27)22-17-13-11-16(12-14-17)18-8-4-6-10-20(18)24(25)26/h3-14H,2H2,1H3,(H2,22,23,27). The lowest BCUT2D eigenvalue weighted by molar-refractivity contribution is -0.384. The Kier molecular flexibility index (Phi) is 5.78. The summed E-state index contributed by atoms with van der Waals surface area (Å²) in [4.78, 5) is 10.8. The van der Waals surface area contributed by atoms with Gasteiger partial charge in [0.05, 0.1) is 10.5 Å². The first-order valence-electron chi connectivity index (χ1n) is 8.58. The summed E-state index contributed by atoms with van der Waals surface area (Å²) >= 11 is 5.40. The van der Waals surface area contributed by atoms with Crippen molar-refractivity contribution >= 4 is 34.4 Å². The van der Waals surface area contributed by atoms with Crippen LogP contribution in [0.5, 0.6) is 0 Å². The molecule has 3 aromatic carbocycles. The molecule has 0 unspecified atom stereocenters. The summed E-state index contributed by atoms with van der Waals surface area (Å²) in [6.07, 6.45) is 0.913. The zero-order chi connectivity index (χ0) is 19.2. The topological polar surface area (TPSA) is 67.2 Å². The minimum absolute atomic E-state index is 0.0894. The van der Waals surface area contributed by atoms with E-state index in [2.05, 4.69) is 23.6 Å². The fraction of sp³-hybridized carbons (Fsp3) is 0.0952. The van der Waals surface area contributed by atoms with Crippen LogP contribution in [0, 0.1) is 10.1 Å². The van der Waals surface area contributed by atoms with Crippen LogP contribution in [0.15, 0.2) is 72.8 Å². The number of nitro benzene ring substituents is 1. The third kappa shape index (κ3) is 4.48. The van der Waals surface area contributed by atoms with Gasteiger partial charge in [0.1, 0.15) is 0 Å². The third-order valence-corrected chi connectivity index (χ3v) is 4.41. The van der Waals surface area contributed by atoms with Crippen molar-refractivity contribution in [3.05, 3.63) is 88.5 Å². The third-order valence-electron chi connectivity index (χ3n) is 4.20. The number of anilines is 2. The van der Waals surface area contributed by atoms with E-state index in [1.54, 1.807) is 18.2 Å². The van der Waals surface area contributed by atoms with Gasteiger partial charge in [0.2, 0.25) is 0 Å². The predicted octanol–water partition coefficient (Wildman–Crippen LogP) is 5.63. The number of nitro groups is 1. The first kappa shape index (κ1) is 18.5. The Morgan fingerprint density at radius 1 is 0.963 bits per heavy atom. The summed E-state index contributed by atoms with van der Waals surface area (Å²) in [5.41, 5.74) is 4.44. The van der Waals surface area contributed by atoms with E-state index >= 15 is 0 Å². The summed E-state index contributed by atoms with van der Waals surface area (Å²) in [7, 11) is 0. The molecule has 0 aliphatic heterocycles. The molecule has 5 nitrogen and oxygen atoms in total. The van der Waals surface area contributed by atoms with Gasteiger partial charge in [-0.15, -0.1) is 0 Å². The van der Waals surface area contributed by atoms with Gasteiger partial charge in [-0.2, -0.15) is 0 Å². The van der Waals surface area contributed by atoms with Crippen LogP contribution in [0.25, 0.3) is 11.1 Å². The molecule has 0 aliphatic rings. The molecule has 3 aromatic rings. The first-order valence-corrected chi connectivity index (χ1v) is 8.99. The van der Waals surface area contributed by atoms with Gasteiger partial charge in [-0.3, -0.25) is 10.1 Å². The van der Waals surface area contributed by atoms with E-state index in [0.717, 1.165) is 23.4 Å². The highest BCUT2D eigenvalue weighted by Gasteiger charge is 2.13. The summed E-state index contributed by atoms with van der Waals surface area (Å²) < 4.78 is 0. The van der Waals surface area contributed by atoms with Gasteiger partial charge in [-0.25, -0.2) is 0 Å². The van der Waals surface area contributed by atoms with Crippen molar-refractivity contribution in [2.45, 2.75) is 13.3 Å². The number of aryl methyl sites for hydroxylation is 1. The van der Waals surface area contributed by atoms with Crippen LogP contribution < -0.4 is 10.6 Å². The van der Waals surface area contributed by atoms with Gasteiger partial charge in [-0.05, 0) is 54.0 Å².